The number of hydrogen-bond acceptors (Lipinski definition) is 3. The molecule has 5 heteroatoms. The third-order valence-electron chi connectivity index (χ3n) is 1.92. The van der Waals surface area contributed by atoms with E-state index in [0.29, 0.717) is 10.8 Å². The van der Waals surface area contributed by atoms with Gasteiger partial charge >= 0.3 is 0 Å². The highest BCUT2D eigenvalue weighted by Gasteiger charge is 2.07. The van der Waals surface area contributed by atoms with Crippen LogP contribution in [0.1, 0.15) is 13.8 Å². The Bertz CT molecular complexity index is 468. The molecule has 84 valence electrons. The number of aromatic nitrogens is 3. The summed E-state index contributed by atoms with van der Waals surface area (Å²) in [5, 5.41) is 7.27. The van der Waals surface area contributed by atoms with E-state index in [-0.39, 0.29) is 6.10 Å². The summed E-state index contributed by atoms with van der Waals surface area (Å²) >= 11 is 6.00. The maximum absolute atomic E-state index is 6.00. The fourth-order valence-corrected chi connectivity index (χ4v) is 1.61. The maximum Gasteiger partial charge on any atom is 0.181 e. The fraction of sp³-hybridized carbons (Fsp3) is 0.273. The Hall–Kier alpha value is -1.55. The molecule has 4 nitrogen and oxygen atoms in total. The quantitative estimate of drug-likeness (QED) is 0.893. The first-order valence-corrected chi connectivity index (χ1v) is 5.36. The van der Waals surface area contributed by atoms with E-state index in [1.165, 1.54) is 6.33 Å². The molecule has 1 aromatic carbocycles. The molecule has 0 unspecified atom stereocenters. The first-order valence-electron chi connectivity index (χ1n) is 4.98. The van der Waals surface area contributed by atoms with Gasteiger partial charge in [0.25, 0.3) is 0 Å². The Morgan fingerprint density at radius 3 is 2.75 bits per heavy atom. The summed E-state index contributed by atoms with van der Waals surface area (Å²) in [5.74, 6) is 1.33. The Balaban J connectivity index is 2.36. The van der Waals surface area contributed by atoms with Crippen LogP contribution >= 0.6 is 11.6 Å². The van der Waals surface area contributed by atoms with Crippen molar-refractivity contribution in [3.63, 3.8) is 0 Å². The van der Waals surface area contributed by atoms with Crippen LogP contribution in [-0.2, 0) is 0 Å². The Morgan fingerprint density at radius 1 is 1.31 bits per heavy atom. The molecule has 0 spiro atoms. The van der Waals surface area contributed by atoms with E-state index < -0.39 is 0 Å². The molecule has 2 aromatic rings. The van der Waals surface area contributed by atoms with Crippen molar-refractivity contribution in [2.24, 2.45) is 0 Å². The normalized spacial score (nSPS) is 10.8. The van der Waals surface area contributed by atoms with Gasteiger partial charge in [0.05, 0.1) is 6.10 Å². The first kappa shape index (κ1) is 11.0. The Morgan fingerprint density at radius 2 is 2.12 bits per heavy atom. The monoisotopic (exact) mass is 237 g/mol. The molecule has 0 radical (unpaired) electrons. The van der Waals surface area contributed by atoms with Crippen LogP contribution in [0.3, 0.4) is 0 Å². The molecule has 1 heterocycles. The highest BCUT2D eigenvalue weighted by molar-refractivity contribution is 6.31. The molecule has 1 N–H and O–H groups in total. The third-order valence-corrected chi connectivity index (χ3v) is 2.13. The van der Waals surface area contributed by atoms with E-state index in [1.807, 2.05) is 19.9 Å². The number of H-pyrrole nitrogens is 1. The number of rotatable bonds is 3. The zero-order chi connectivity index (χ0) is 11.5. The zero-order valence-electron chi connectivity index (χ0n) is 9.07. The van der Waals surface area contributed by atoms with Crippen LogP contribution in [0.5, 0.6) is 5.75 Å². The lowest BCUT2D eigenvalue weighted by molar-refractivity contribution is 0.242. The van der Waals surface area contributed by atoms with Crippen molar-refractivity contribution in [2.75, 3.05) is 0 Å². The van der Waals surface area contributed by atoms with Gasteiger partial charge in [0, 0.05) is 10.6 Å². The molecule has 0 bridgehead atoms. The smallest absolute Gasteiger partial charge is 0.181 e. The number of benzene rings is 1. The lowest BCUT2D eigenvalue weighted by Gasteiger charge is -2.10. The molecule has 0 saturated carbocycles. The number of aromatic amines is 1. The van der Waals surface area contributed by atoms with Gasteiger partial charge in [0.1, 0.15) is 12.1 Å². The van der Waals surface area contributed by atoms with Crippen molar-refractivity contribution in [3.8, 4) is 17.1 Å². The standard InChI is InChI=1S/C11H12ClN3O/c1-7(2)16-10-4-8(3-9(12)5-10)11-13-6-14-15-11/h3-7H,1-2H3,(H,13,14,15). The van der Waals surface area contributed by atoms with Crippen molar-refractivity contribution in [1.29, 1.82) is 0 Å². The number of hydrogen-bond donors (Lipinski definition) is 1. The van der Waals surface area contributed by atoms with Crippen LogP contribution in [0.15, 0.2) is 24.5 Å². The van der Waals surface area contributed by atoms with Gasteiger partial charge in [-0.15, -0.1) is 0 Å². The minimum atomic E-state index is 0.110. The average Bonchev–Trinajstić information content (AvgIpc) is 2.67. The lowest BCUT2D eigenvalue weighted by Crippen LogP contribution is -2.05. The van der Waals surface area contributed by atoms with Crippen LogP contribution in [-0.4, -0.2) is 21.3 Å². The molecule has 0 aliphatic rings. The largest absolute Gasteiger partial charge is 0.491 e. The molecule has 1 aromatic heterocycles. The first-order chi connectivity index (χ1) is 7.65. The summed E-state index contributed by atoms with van der Waals surface area (Å²) in [6.07, 6.45) is 1.64. The van der Waals surface area contributed by atoms with Crippen LogP contribution in [0.2, 0.25) is 5.02 Å². The van der Waals surface area contributed by atoms with Gasteiger partial charge in [-0.05, 0) is 32.0 Å². The molecule has 0 atom stereocenters. The summed E-state index contributed by atoms with van der Waals surface area (Å²) < 4.78 is 5.58. The van der Waals surface area contributed by atoms with E-state index in [2.05, 4.69) is 15.2 Å². The van der Waals surface area contributed by atoms with Gasteiger partial charge in [0.2, 0.25) is 0 Å². The van der Waals surface area contributed by atoms with E-state index in [9.17, 15) is 0 Å². The highest BCUT2D eigenvalue weighted by atomic mass is 35.5. The third kappa shape index (κ3) is 2.52. The van der Waals surface area contributed by atoms with Gasteiger partial charge in [0.15, 0.2) is 5.82 Å². The fourth-order valence-electron chi connectivity index (χ4n) is 1.38. The van der Waals surface area contributed by atoms with E-state index in [1.54, 1.807) is 12.1 Å². The minimum Gasteiger partial charge on any atom is -0.491 e. The Labute approximate surface area is 98.6 Å². The van der Waals surface area contributed by atoms with Gasteiger partial charge < -0.3 is 4.74 Å². The predicted octanol–water partition coefficient (Wildman–Crippen LogP) is 2.91. The highest BCUT2D eigenvalue weighted by Crippen LogP contribution is 2.26. The second-order valence-corrected chi connectivity index (χ2v) is 4.10. The summed E-state index contributed by atoms with van der Waals surface area (Å²) in [6.45, 7) is 3.93. The summed E-state index contributed by atoms with van der Waals surface area (Å²) in [4.78, 5) is 4.07. The second kappa shape index (κ2) is 4.53. The average molecular weight is 238 g/mol. The number of ether oxygens (including phenoxy) is 1. The van der Waals surface area contributed by atoms with Crippen molar-refractivity contribution in [3.05, 3.63) is 29.5 Å². The van der Waals surface area contributed by atoms with E-state index in [4.69, 9.17) is 16.3 Å². The predicted molar refractivity (Wildman–Crippen MR) is 62.6 cm³/mol. The molecule has 0 saturated heterocycles. The maximum atomic E-state index is 6.00. The molecule has 0 aliphatic carbocycles. The molecule has 2 rings (SSSR count). The molecule has 16 heavy (non-hydrogen) atoms. The number of nitrogens with zero attached hydrogens (tertiary/aromatic N) is 2. The second-order valence-electron chi connectivity index (χ2n) is 3.66. The van der Waals surface area contributed by atoms with Gasteiger partial charge in [-0.1, -0.05) is 11.6 Å². The molecule has 0 fully saturated rings. The minimum absolute atomic E-state index is 0.110. The van der Waals surface area contributed by atoms with Crippen LogP contribution in [0.4, 0.5) is 0 Å². The van der Waals surface area contributed by atoms with Crippen LogP contribution < -0.4 is 4.74 Å². The zero-order valence-corrected chi connectivity index (χ0v) is 9.82. The topological polar surface area (TPSA) is 50.8 Å². The van der Waals surface area contributed by atoms with E-state index >= 15 is 0 Å². The summed E-state index contributed by atoms with van der Waals surface area (Å²) in [5.41, 5.74) is 0.837. The van der Waals surface area contributed by atoms with Gasteiger partial charge in [-0.25, -0.2) is 4.98 Å². The summed E-state index contributed by atoms with van der Waals surface area (Å²) in [6, 6.07) is 5.45. The van der Waals surface area contributed by atoms with Gasteiger partial charge in [-0.3, -0.25) is 5.10 Å². The Kier molecular flexibility index (Phi) is 3.10. The van der Waals surface area contributed by atoms with Crippen LogP contribution in [0.25, 0.3) is 11.4 Å². The number of nitrogens with one attached hydrogen (secondary N) is 1. The van der Waals surface area contributed by atoms with Crippen molar-refractivity contribution < 1.29 is 4.74 Å². The van der Waals surface area contributed by atoms with Crippen molar-refractivity contribution in [2.45, 2.75) is 20.0 Å². The molecule has 0 aliphatic heterocycles. The van der Waals surface area contributed by atoms with E-state index in [0.717, 1.165) is 11.3 Å². The molecule has 0 amide bonds. The van der Waals surface area contributed by atoms with Crippen molar-refractivity contribution >= 4 is 11.6 Å². The molecular weight excluding hydrogens is 226 g/mol. The number of halogens is 1. The van der Waals surface area contributed by atoms with Gasteiger partial charge in [-0.2, -0.15) is 5.10 Å². The SMILES string of the molecule is CC(C)Oc1cc(Cl)cc(-c2nc[nH]n2)c1. The van der Waals surface area contributed by atoms with Crippen LogP contribution in [0, 0.1) is 0 Å². The lowest BCUT2D eigenvalue weighted by atomic mass is 10.2. The van der Waals surface area contributed by atoms with Crippen molar-refractivity contribution in [1.82, 2.24) is 15.2 Å². The molecular formula is C11H12ClN3O. The summed E-state index contributed by atoms with van der Waals surface area (Å²) in [7, 11) is 0.